The average molecular weight is 675 g/mol. The summed E-state index contributed by atoms with van der Waals surface area (Å²) in [4.78, 5) is 13.0. The largest absolute Gasteiger partial charge is 0.458 e. The van der Waals surface area contributed by atoms with Crippen LogP contribution in [0.15, 0.2) is 64.3 Å². The summed E-state index contributed by atoms with van der Waals surface area (Å²) in [7, 11) is 0. The van der Waals surface area contributed by atoms with Crippen molar-refractivity contribution >= 4 is 34.6 Å². The number of carbonyl (C=O) groups is 1. The van der Waals surface area contributed by atoms with Gasteiger partial charge in [0.25, 0.3) is 0 Å². The number of carbonyl (C=O) groups excluding carboxylic acids is 1. The number of rotatable bonds is 1. The first-order valence-corrected chi connectivity index (χ1v) is 16.2. The number of ether oxygens (including phenoxy) is 5. The van der Waals surface area contributed by atoms with Crippen LogP contribution in [0.25, 0.3) is 6.08 Å². The van der Waals surface area contributed by atoms with E-state index in [0.29, 0.717) is 13.0 Å². The van der Waals surface area contributed by atoms with Crippen LogP contribution in [-0.4, -0.2) is 49.2 Å². The van der Waals surface area contributed by atoms with Crippen LogP contribution in [0.4, 0.5) is 0 Å². The quantitative estimate of drug-likeness (QED) is 0.174. The van der Waals surface area contributed by atoms with Gasteiger partial charge in [-0.15, -0.1) is 0 Å². The van der Waals surface area contributed by atoms with Gasteiger partial charge in [0.2, 0.25) is 0 Å². The van der Waals surface area contributed by atoms with E-state index in [1.54, 1.807) is 6.08 Å². The molecule has 4 aliphatic rings. The molecule has 3 fully saturated rings. The van der Waals surface area contributed by atoms with Gasteiger partial charge < -0.3 is 23.7 Å². The molecule has 9 atom stereocenters. The summed E-state index contributed by atoms with van der Waals surface area (Å²) in [5.74, 6) is -0.232. The van der Waals surface area contributed by atoms with E-state index in [-0.39, 0.29) is 54.4 Å². The minimum Gasteiger partial charge on any atom is -0.458 e. The Morgan fingerprint density at radius 2 is 1.80 bits per heavy atom. The molecule has 3 saturated heterocycles. The van der Waals surface area contributed by atoms with Crippen LogP contribution in [0, 0.1) is 11.8 Å². The average Bonchev–Trinajstić information content (AvgIpc) is 2.95. The smallest absolute Gasteiger partial charge is 0.330 e. The Balaban J connectivity index is 1.42. The molecule has 0 radical (unpaired) electrons. The molecule has 0 saturated carbocycles. The second-order valence-electron chi connectivity index (χ2n) is 12.0. The lowest BCUT2D eigenvalue weighted by molar-refractivity contribution is -0.225. The standard InChI is InChI=1S/C34H43IO6/c1-21-16-27-11-7-13-31(36)41-33-23(3)30(40-32(24(33)4)22(2)20-35)12-6-9-25-8-5-10-26(18-25)34-37-15-14-28(39-34)19-29(17-21)38-27/h5-10,13,18,20,23-24,27-30,32-34H,1,11-12,14-17,19H2,2-4H3/t23-,24-,27-,28-,29+,30+,32-,33-,34-/m0/s1. The monoisotopic (exact) mass is 674 g/mol. The van der Waals surface area contributed by atoms with Crippen molar-refractivity contribution in [2.45, 2.75) is 102 Å². The Hall–Kier alpha value is -1.78. The fourth-order valence-corrected chi connectivity index (χ4v) is 6.96. The van der Waals surface area contributed by atoms with Crippen LogP contribution < -0.4 is 0 Å². The van der Waals surface area contributed by atoms with Crippen LogP contribution in [0.1, 0.15) is 76.7 Å². The molecule has 5 rings (SSSR count). The summed E-state index contributed by atoms with van der Waals surface area (Å²) in [5.41, 5.74) is 4.43. The molecule has 4 heterocycles. The number of hydrogen-bond donors (Lipinski definition) is 0. The Labute approximate surface area is 258 Å². The summed E-state index contributed by atoms with van der Waals surface area (Å²) < 4.78 is 33.7. The molecule has 41 heavy (non-hydrogen) atoms. The van der Waals surface area contributed by atoms with Gasteiger partial charge in [-0.3, -0.25) is 0 Å². The predicted molar refractivity (Wildman–Crippen MR) is 168 cm³/mol. The third-order valence-corrected chi connectivity index (χ3v) is 9.76. The highest BCUT2D eigenvalue weighted by Crippen LogP contribution is 2.38. The third kappa shape index (κ3) is 7.79. The highest BCUT2D eigenvalue weighted by Gasteiger charge is 2.43. The van der Waals surface area contributed by atoms with Gasteiger partial charge in [-0.05, 0) is 60.3 Å². The molecular weight excluding hydrogens is 631 g/mol. The number of esters is 1. The summed E-state index contributed by atoms with van der Waals surface area (Å²) in [5, 5.41) is 0. The predicted octanol–water partition coefficient (Wildman–Crippen LogP) is 7.64. The summed E-state index contributed by atoms with van der Waals surface area (Å²) in [6.07, 6.45) is 11.6. The van der Waals surface area contributed by atoms with Gasteiger partial charge in [0.05, 0.1) is 37.1 Å². The van der Waals surface area contributed by atoms with Crippen molar-refractivity contribution in [3.8, 4) is 0 Å². The minimum atomic E-state index is -0.391. The van der Waals surface area contributed by atoms with Gasteiger partial charge >= 0.3 is 5.97 Å². The molecule has 6 nitrogen and oxygen atoms in total. The van der Waals surface area contributed by atoms with E-state index < -0.39 is 6.29 Å². The van der Waals surface area contributed by atoms with Crippen molar-refractivity contribution < 1.29 is 28.5 Å². The molecule has 8 bridgehead atoms. The van der Waals surface area contributed by atoms with Crippen molar-refractivity contribution in [2.75, 3.05) is 6.61 Å². The summed E-state index contributed by atoms with van der Waals surface area (Å²) in [6, 6.07) is 8.34. The van der Waals surface area contributed by atoms with E-state index in [2.05, 4.69) is 84.4 Å². The van der Waals surface area contributed by atoms with Crippen molar-refractivity contribution in [3.05, 3.63) is 75.4 Å². The number of benzene rings is 1. The summed E-state index contributed by atoms with van der Waals surface area (Å²) >= 11 is 2.26. The van der Waals surface area contributed by atoms with E-state index >= 15 is 0 Å². The maximum Gasteiger partial charge on any atom is 0.330 e. The van der Waals surface area contributed by atoms with Crippen molar-refractivity contribution in [2.24, 2.45) is 11.8 Å². The lowest BCUT2D eigenvalue weighted by Gasteiger charge is -2.44. The highest BCUT2D eigenvalue weighted by atomic mass is 127. The molecule has 4 aliphatic heterocycles. The minimum absolute atomic E-state index is 0.0102. The van der Waals surface area contributed by atoms with E-state index in [9.17, 15) is 4.79 Å². The molecule has 0 aromatic heterocycles. The van der Waals surface area contributed by atoms with Crippen molar-refractivity contribution in [1.29, 1.82) is 0 Å². The normalized spacial score (nSPS) is 37.2. The van der Waals surface area contributed by atoms with Crippen molar-refractivity contribution in [1.82, 2.24) is 0 Å². The Morgan fingerprint density at radius 3 is 2.63 bits per heavy atom. The molecule has 7 heteroatoms. The molecule has 0 aliphatic carbocycles. The molecule has 222 valence electrons. The maximum atomic E-state index is 13.0. The van der Waals surface area contributed by atoms with Gasteiger partial charge in [0.1, 0.15) is 6.10 Å². The summed E-state index contributed by atoms with van der Waals surface area (Å²) in [6.45, 7) is 11.3. The molecule has 0 unspecified atom stereocenters. The highest BCUT2D eigenvalue weighted by molar-refractivity contribution is 14.1. The molecule has 0 N–H and O–H groups in total. The first kappa shape index (κ1) is 30.7. The Morgan fingerprint density at radius 1 is 1.00 bits per heavy atom. The molecule has 0 amide bonds. The van der Waals surface area contributed by atoms with Gasteiger partial charge in [-0.2, -0.15) is 0 Å². The van der Waals surface area contributed by atoms with Gasteiger partial charge in [0, 0.05) is 29.9 Å². The zero-order valence-corrected chi connectivity index (χ0v) is 26.5. The van der Waals surface area contributed by atoms with Crippen molar-refractivity contribution in [3.63, 3.8) is 0 Å². The van der Waals surface area contributed by atoms with Crippen LogP contribution in [0.2, 0.25) is 0 Å². The zero-order chi connectivity index (χ0) is 28.9. The van der Waals surface area contributed by atoms with Crippen LogP contribution in [-0.2, 0) is 28.5 Å². The topological polar surface area (TPSA) is 63.2 Å². The van der Waals surface area contributed by atoms with E-state index in [1.165, 1.54) is 5.57 Å². The zero-order valence-electron chi connectivity index (χ0n) is 24.4. The first-order valence-electron chi connectivity index (χ1n) is 15.0. The first-order chi connectivity index (χ1) is 19.8. The fraction of sp³-hybridized carbons (Fsp3) is 0.559. The van der Waals surface area contributed by atoms with Gasteiger partial charge in [0.15, 0.2) is 6.29 Å². The Kier molecular flexibility index (Phi) is 10.6. The number of fused-ring (bicyclic) bond motifs is 9. The Bertz CT molecular complexity index is 1170. The lowest BCUT2D eigenvalue weighted by atomic mass is 9.79. The van der Waals surface area contributed by atoms with Gasteiger partial charge in [-0.1, -0.05) is 85.0 Å². The molecule has 0 spiro atoms. The van der Waals surface area contributed by atoms with E-state index in [1.807, 2.05) is 12.1 Å². The van der Waals surface area contributed by atoms with Crippen LogP contribution in [0.3, 0.4) is 0 Å². The third-order valence-electron chi connectivity index (χ3n) is 8.78. The number of halogens is 1. The second kappa shape index (κ2) is 14.1. The molecule has 1 aromatic rings. The number of hydrogen-bond acceptors (Lipinski definition) is 6. The maximum absolute atomic E-state index is 13.0. The van der Waals surface area contributed by atoms with E-state index in [4.69, 9.17) is 23.7 Å². The fourth-order valence-electron chi connectivity index (χ4n) is 6.61. The lowest BCUT2D eigenvalue weighted by Crippen LogP contribution is -2.50. The SMILES string of the molecule is C=C1C[C@@H]2C[C@@H]3CCO[C@@H](O3)c3cccc(c3)C=CC[C@H]3O[C@@H](C(C)=CI)[C@H](C)[C@@H](OC(=O)C=CC[C@@H](C1)O2)[C@H]3C. The molecule has 1 aromatic carbocycles. The van der Waals surface area contributed by atoms with Gasteiger partial charge in [-0.25, -0.2) is 4.79 Å². The van der Waals surface area contributed by atoms with E-state index in [0.717, 1.165) is 48.8 Å². The second-order valence-corrected chi connectivity index (χ2v) is 12.7. The molecular formula is C34H43IO6. The van der Waals surface area contributed by atoms with Crippen LogP contribution >= 0.6 is 22.6 Å². The van der Waals surface area contributed by atoms with Crippen LogP contribution in [0.5, 0.6) is 0 Å².